The molecule has 0 aliphatic rings. The number of sulfonamides is 1. The summed E-state index contributed by atoms with van der Waals surface area (Å²) in [6.45, 7) is 0.199. The van der Waals surface area contributed by atoms with Crippen LogP contribution in [0.4, 0.5) is 0 Å². The fourth-order valence-electron chi connectivity index (χ4n) is 1.05. The highest BCUT2D eigenvalue weighted by atomic mass is 79.9. The summed E-state index contributed by atoms with van der Waals surface area (Å²) in [5, 5.41) is 7.36. The van der Waals surface area contributed by atoms with E-state index in [1.807, 2.05) is 0 Å². The predicted octanol–water partition coefficient (Wildman–Crippen LogP) is -0.202. The van der Waals surface area contributed by atoms with Gasteiger partial charge in [-0.2, -0.15) is 0 Å². The van der Waals surface area contributed by atoms with Crippen molar-refractivity contribution in [2.24, 2.45) is 5.14 Å². The van der Waals surface area contributed by atoms with E-state index in [0.717, 1.165) is 6.07 Å². The van der Waals surface area contributed by atoms with Crippen LogP contribution in [-0.4, -0.2) is 37.1 Å². The third-order valence-corrected chi connectivity index (χ3v) is 4.41. The van der Waals surface area contributed by atoms with Crippen LogP contribution in [0, 0.1) is 0 Å². The largest absolute Gasteiger partial charge is 0.443 e. The van der Waals surface area contributed by atoms with E-state index in [2.05, 4.69) is 21.2 Å². The SMILES string of the molecule is CS(=O)CCNC(=O)c1cc(S(N)(=O)=O)c(Br)o1. The first-order valence-corrected chi connectivity index (χ1v) is 8.69. The van der Waals surface area contributed by atoms with Gasteiger partial charge in [0.05, 0.1) is 0 Å². The summed E-state index contributed by atoms with van der Waals surface area (Å²) in [7, 11) is -4.97. The summed E-state index contributed by atoms with van der Waals surface area (Å²) in [5.74, 6) is -0.487. The van der Waals surface area contributed by atoms with Crippen molar-refractivity contribution in [3.63, 3.8) is 0 Å². The summed E-state index contributed by atoms with van der Waals surface area (Å²) in [5.41, 5.74) is 0. The van der Waals surface area contributed by atoms with Gasteiger partial charge in [-0.05, 0) is 15.9 Å². The van der Waals surface area contributed by atoms with Gasteiger partial charge in [0.15, 0.2) is 10.4 Å². The Hall–Kier alpha value is -0.710. The standard InChI is InChI=1S/C8H11BrN2O5S2/c1-17(13)3-2-11-8(12)5-4-6(7(9)16-5)18(10,14)15/h4H,2-3H2,1H3,(H,11,12)(H2,10,14,15). The first-order valence-electron chi connectivity index (χ1n) is 4.62. The number of amides is 1. The molecule has 0 saturated heterocycles. The van der Waals surface area contributed by atoms with Gasteiger partial charge in [0.1, 0.15) is 4.90 Å². The Labute approximate surface area is 115 Å². The first kappa shape index (κ1) is 15.3. The van der Waals surface area contributed by atoms with Crippen LogP contribution in [0.2, 0.25) is 0 Å². The van der Waals surface area contributed by atoms with Gasteiger partial charge >= 0.3 is 0 Å². The molecule has 1 rings (SSSR count). The molecule has 0 fully saturated rings. The zero-order chi connectivity index (χ0) is 13.9. The molecule has 1 aromatic rings. The summed E-state index contributed by atoms with van der Waals surface area (Å²) >= 11 is 2.86. The average Bonchev–Trinajstić information content (AvgIpc) is 2.59. The van der Waals surface area contributed by atoms with Crippen molar-refractivity contribution in [2.45, 2.75) is 4.90 Å². The summed E-state index contributed by atoms with van der Waals surface area (Å²) in [6.07, 6.45) is 1.51. The Morgan fingerprint density at radius 1 is 1.61 bits per heavy atom. The Balaban J connectivity index is 2.79. The molecule has 1 heterocycles. The van der Waals surface area contributed by atoms with Gasteiger partial charge < -0.3 is 9.73 Å². The van der Waals surface area contributed by atoms with Crippen LogP contribution in [0.25, 0.3) is 0 Å². The van der Waals surface area contributed by atoms with Crippen molar-refractivity contribution < 1.29 is 21.8 Å². The maximum Gasteiger partial charge on any atom is 0.287 e. The average molecular weight is 359 g/mol. The lowest BCUT2D eigenvalue weighted by Gasteiger charge is -2.00. The lowest BCUT2D eigenvalue weighted by Crippen LogP contribution is -2.27. The maximum atomic E-state index is 11.6. The smallest absolute Gasteiger partial charge is 0.287 e. The van der Waals surface area contributed by atoms with E-state index < -0.39 is 26.7 Å². The number of primary sulfonamides is 1. The van der Waals surface area contributed by atoms with Gasteiger partial charge in [0, 0.05) is 35.4 Å². The quantitative estimate of drug-likeness (QED) is 0.754. The van der Waals surface area contributed by atoms with Crippen molar-refractivity contribution >= 4 is 42.7 Å². The monoisotopic (exact) mass is 358 g/mol. The molecular formula is C8H11BrN2O5S2. The van der Waals surface area contributed by atoms with Crippen LogP contribution < -0.4 is 10.5 Å². The van der Waals surface area contributed by atoms with Crippen LogP contribution in [-0.2, 0) is 20.8 Å². The van der Waals surface area contributed by atoms with Crippen molar-refractivity contribution in [3.05, 3.63) is 16.5 Å². The number of nitrogens with two attached hydrogens (primary N) is 1. The fourth-order valence-corrected chi connectivity index (χ4v) is 2.95. The second-order valence-corrected chi connectivity index (χ2v) is 7.13. The minimum Gasteiger partial charge on any atom is -0.443 e. The van der Waals surface area contributed by atoms with Gasteiger partial charge in [0.25, 0.3) is 5.91 Å². The molecule has 3 N–H and O–H groups in total. The first-order chi connectivity index (χ1) is 8.21. The molecule has 1 aromatic heterocycles. The van der Waals surface area contributed by atoms with Crippen molar-refractivity contribution in [1.29, 1.82) is 0 Å². The maximum absolute atomic E-state index is 11.6. The predicted molar refractivity (Wildman–Crippen MR) is 69.0 cm³/mol. The Kier molecular flexibility index (Phi) is 5.08. The van der Waals surface area contributed by atoms with E-state index in [1.165, 1.54) is 6.26 Å². The molecule has 1 atom stereocenters. The molecule has 102 valence electrons. The highest BCUT2D eigenvalue weighted by Gasteiger charge is 2.21. The van der Waals surface area contributed by atoms with E-state index in [-0.39, 0.29) is 21.9 Å². The highest BCUT2D eigenvalue weighted by molar-refractivity contribution is 9.10. The van der Waals surface area contributed by atoms with Gasteiger partial charge in [-0.25, -0.2) is 13.6 Å². The van der Waals surface area contributed by atoms with E-state index in [4.69, 9.17) is 9.56 Å². The zero-order valence-corrected chi connectivity index (χ0v) is 12.5. The normalized spacial score (nSPS) is 13.3. The van der Waals surface area contributed by atoms with Crippen molar-refractivity contribution in [2.75, 3.05) is 18.6 Å². The number of carbonyl (C=O) groups excluding carboxylic acids is 1. The molecule has 0 bridgehead atoms. The summed E-state index contributed by atoms with van der Waals surface area (Å²) in [4.78, 5) is 11.3. The minimum absolute atomic E-state index is 0.130. The third-order valence-electron chi connectivity index (χ3n) is 1.86. The lowest BCUT2D eigenvalue weighted by atomic mass is 10.4. The lowest BCUT2D eigenvalue weighted by molar-refractivity contribution is 0.0927. The number of halogens is 1. The second kappa shape index (κ2) is 5.95. The number of furan rings is 1. The van der Waals surface area contributed by atoms with Crippen LogP contribution in [0.5, 0.6) is 0 Å². The molecule has 0 aromatic carbocycles. The number of hydrogen-bond donors (Lipinski definition) is 2. The highest BCUT2D eigenvalue weighted by Crippen LogP contribution is 2.24. The molecule has 1 unspecified atom stereocenters. The molecule has 0 saturated carbocycles. The number of rotatable bonds is 5. The topological polar surface area (TPSA) is 119 Å². The number of hydrogen-bond acceptors (Lipinski definition) is 5. The van der Waals surface area contributed by atoms with Gasteiger partial charge in [-0.15, -0.1) is 0 Å². The molecule has 18 heavy (non-hydrogen) atoms. The van der Waals surface area contributed by atoms with Gasteiger partial charge in [-0.3, -0.25) is 9.00 Å². The van der Waals surface area contributed by atoms with Crippen molar-refractivity contribution in [1.82, 2.24) is 5.32 Å². The molecule has 0 aliphatic carbocycles. The van der Waals surface area contributed by atoms with E-state index in [1.54, 1.807) is 0 Å². The van der Waals surface area contributed by atoms with E-state index in [9.17, 15) is 17.4 Å². The summed E-state index contributed by atoms with van der Waals surface area (Å²) < 4.78 is 37.8. The van der Waals surface area contributed by atoms with Gasteiger partial charge in [0.2, 0.25) is 10.0 Å². The molecule has 0 radical (unpaired) electrons. The fraction of sp³-hybridized carbons (Fsp3) is 0.375. The minimum atomic E-state index is -3.95. The Morgan fingerprint density at radius 2 is 2.22 bits per heavy atom. The van der Waals surface area contributed by atoms with Crippen LogP contribution in [0.1, 0.15) is 10.6 Å². The van der Waals surface area contributed by atoms with E-state index in [0.29, 0.717) is 5.75 Å². The molecule has 7 nitrogen and oxygen atoms in total. The zero-order valence-electron chi connectivity index (χ0n) is 9.30. The molecule has 0 spiro atoms. The number of carbonyl (C=O) groups is 1. The molecular weight excluding hydrogens is 348 g/mol. The number of nitrogens with one attached hydrogen (secondary N) is 1. The Morgan fingerprint density at radius 3 is 2.67 bits per heavy atom. The third kappa shape index (κ3) is 4.19. The van der Waals surface area contributed by atoms with Crippen molar-refractivity contribution in [3.8, 4) is 0 Å². The van der Waals surface area contributed by atoms with Crippen LogP contribution >= 0.6 is 15.9 Å². The van der Waals surface area contributed by atoms with Gasteiger partial charge in [-0.1, -0.05) is 0 Å². The molecule has 0 aliphatic heterocycles. The molecule has 1 amide bonds. The summed E-state index contributed by atoms with van der Waals surface area (Å²) in [6, 6.07) is 1.03. The molecule has 10 heteroatoms. The Bertz CT molecular complexity index is 580. The second-order valence-electron chi connectivity index (χ2n) is 3.33. The van der Waals surface area contributed by atoms with Crippen LogP contribution in [0.15, 0.2) is 20.0 Å². The van der Waals surface area contributed by atoms with Crippen LogP contribution in [0.3, 0.4) is 0 Å². The van der Waals surface area contributed by atoms with E-state index >= 15 is 0 Å².